The molecule has 2 N–H and O–H groups in total. The molecule has 1 aromatic carbocycles. The average Bonchev–Trinajstić information content (AvgIpc) is 2.25. The lowest BCUT2D eigenvalue weighted by Crippen LogP contribution is -2.17. The highest BCUT2D eigenvalue weighted by Crippen LogP contribution is 2.23. The van der Waals surface area contributed by atoms with Gasteiger partial charge in [0.15, 0.2) is 0 Å². The van der Waals surface area contributed by atoms with E-state index in [1.54, 1.807) is 7.11 Å². The van der Waals surface area contributed by atoms with Crippen LogP contribution in [0.1, 0.15) is 31.4 Å². The highest BCUT2D eigenvalue weighted by Gasteiger charge is 2.16. The van der Waals surface area contributed by atoms with Gasteiger partial charge < -0.3 is 10.5 Å². The molecule has 0 fully saturated rings. The van der Waals surface area contributed by atoms with Crippen molar-refractivity contribution in [1.82, 2.24) is 0 Å². The van der Waals surface area contributed by atoms with E-state index in [0.717, 1.165) is 0 Å². The molecule has 2 atom stereocenters. The number of halogens is 2. The molecule has 2 unspecified atom stereocenters. The molecule has 90 valence electrons. The van der Waals surface area contributed by atoms with Crippen molar-refractivity contribution in [1.29, 1.82) is 0 Å². The standard InChI is InChI=1S/C12H17F2NO/c1-8(16-2)6-7-11(15)12-9(13)4-3-5-10(12)14/h3-5,8,11H,6-7,15H2,1-2H3. The number of benzene rings is 1. The van der Waals surface area contributed by atoms with Crippen molar-refractivity contribution in [3.8, 4) is 0 Å². The lowest BCUT2D eigenvalue weighted by Gasteiger charge is -2.16. The number of methoxy groups -OCH3 is 1. The lowest BCUT2D eigenvalue weighted by atomic mass is 10.0. The minimum absolute atomic E-state index is 0.0363. The number of hydrogen-bond acceptors (Lipinski definition) is 2. The van der Waals surface area contributed by atoms with Crippen LogP contribution in [0.4, 0.5) is 8.78 Å². The van der Waals surface area contributed by atoms with Crippen molar-refractivity contribution >= 4 is 0 Å². The molecule has 4 heteroatoms. The highest BCUT2D eigenvalue weighted by molar-refractivity contribution is 5.22. The normalized spacial score (nSPS) is 14.8. The van der Waals surface area contributed by atoms with Gasteiger partial charge in [-0.05, 0) is 31.9 Å². The molecule has 16 heavy (non-hydrogen) atoms. The van der Waals surface area contributed by atoms with Crippen molar-refractivity contribution in [2.24, 2.45) is 5.73 Å². The summed E-state index contributed by atoms with van der Waals surface area (Å²) in [6.07, 6.45) is 1.21. The summed E-state index contributed by atoms with van der Waals surface area (Å²) in [6, 6.07) is 3.15. The third-order valence-electron chi connectivity index (χ3n) is 2.66. The van der Waals surface area contributed by atoms with Crippen LogP contribution in [0.3, 0.4) is 0 Å². The SMILES string of the molecule is COC(C)CCC(N)c1c(F)cccc1F. The summed E-state index contributed by atoms with van der Waals surface area (Å²) < 4.78 is 31.8. The summed E-state index contributed by atoms with van der Waals surface area (Å²) in [7, 11) is 1.60. The summed E-state index contributed by atoms with van der Waals surface area (Å²) in [4.78, 5) is 0. The first-order valence-electron chi connectivity index (χ1n) is 5.28. The molecule has 0 aliphatic rings. The fourth-order valence-electron chi connectivity index (χ4n) is 1.54. The van der Waals surface area contributed by atoms with Crippen LogP contribution in [0.25, 0.3) is 0 Å². The van der Waals surface area contributed by atoms with E-state index >= 15 is 0 Å². The molecule has 0 bridgehead atoms. The van der Waals surface area contributed by atoms with Gasteiger partial charge in [0.2, 0.25) is 0 Å². The van der Waals surface area contributed by atoms with Crippen LogP contribution in [-0.4, -0.2) is 13.2 Å². The van der Waals surface area contributed by atoms with Gasteiger partial charge in [-0.2, -0.15) is 0 Å². The predicted octanol–water partition coefficient (Wildman–Crippen LogP) is 2.78. The van der Waals surface area contributed by atoms with Crippen LogP contribution in [-0.2, 0) is 4.74 Å². The van der Waals surface area contributed by atoms with Crippen LogP contribution in [0.5, 0.6) is 0 Å². The van der Waals surface area contributed by atoms with E-state index in [-0.39, 0.29) is 11.7 Å². The van der Waals surface area contributed by atoms with Crippen LogP contribution < -0.4 is 5.73 Å². The second-order valence-corrected chi connectivity index (χ2v) is 3.87. The Kier molecular flexibility index (Phi) is 4.83. The fourth-order valence-corrected chi connectivity index (χ4v) is 1.54. The monoisotopic (exact) mass is 229 g/mol. The summed E-state index contributed by atoms with van der Waals surface area (Å²) >= 11 is 0. The zero-order valence-electron chi connectivity index (χ0n) is 9.54. The molecule has 1 aromatic rings. The molecule has 0 radical (unpaired) electrons. The van der Waals surface area contributed by atoms with E-state index in [9.17, 15) is 8.78 Å². The first kappa shape index (κ1) is 13.1. The summed E-state index contributed by atoms with van der Waals surface area (Å²) in [5.74, 6) is -1.17. The highest BCUT2D eigenvalue weighted by atomic mass is 19.1. The maximum absolute atomic E-state index is 13.4. The van der Waals surface area contributed by atoms with Gasteiger partial charge in [0.05, 0.1) is 6.10 Å². The fraction of sp³-hybridized carbons (Fsp3) is 0.500. The van der Waals surface area contributed by atoms with Crippen LogP contribution in [0, 0.1) is 11.6 Å². The maximum atomic E-state index is 13.4. The van der Waals surface area contributed by atoms with Gasteiger partial charge in [-0.25, -0.2) is 8.78 Å². The Morgan fingerprint density at radius 2 is 1.81 bits per heavy atom. The van der Waals surface area contributed by atoms with Crippen LogP contribution in [0.2, 0.25) is 0 Å². The van der Waals surface area contributed by atoms with Crippen molar-refractivity contribution in [3.63, 3.8) is 0 Å². The third kappa shape index (κ3) is 3.25. The van der Waals surface area contributed by atoms with Gasteiger partial charge in [-0.1, -0.05) is 6.07 Å². The van der Waals surface area contributed by atoms with Crippen molar-refractivity contribution in [3.05, 3.63) is 35.4 Å². The van der Waals surface area contributed by atoms with Crippen molar-refractivity contribution in [2.45, 2.75) is 31.9 Å². The van der Waals surface area contributed by atoms with Crippen molar-refractivity contribution in [2.75, 3.05) is 7.11 Å². The van der Waals surface area contributed by atoms with Gasteiger partial charge in [0, 0.05) is 18.7 Å². The molecule has 0 amide bonds. The molecule has 2 nitrogen and oxygen atoms in total. The number of ether oxygens (including phenoxy) is 1. The Balaban J connectivity index is 2.69. The zero-order chi connectivity index (χ0) is 12.1. The summed E-state index contributed by atoms with van der Waals surface area (Å²) in [6.45, 7) is 1.89. The lowest BCUT2D eigenvalue weighted by molar-refractivity contribution is 0.107. The molecule has 0 spiro atoms. The second kappa shape index (κ2) is 5.92. The van der Waals surface area contributed by atoms with E-state index in [0.29, 0.717) is 12.8 Å². The molecular weight excluding hydrogens is 212 g/mol. The number of nitrogens with two attached hydrogens (primary N) is 1. The molecule has 0 aliphatic carbocycles. The Morgan fingerprint density at radius 3 is 2.31 bits per heavy atom. The Labute approximate surface area is 94.4 Å². The van der Waals surface area contributed by atoms with E-state index < -0.39 is 17.7 Å². The smallest absolute Gasteiger partial charge is 0.130 e. The molecule has 0 saturated heterocycles. The van der Waals surface area contributed by atoms with E-state index in [1.807, 2.05) is 6.92 Å². The Morgan fingerprint density at radius 1 is 1.25 bits per heavy atom. The minimum Gasteiger partial charge on any atom is -0.382 e. The molecular formula is C12H17F2NO. The Bertz CT molecular complexity index is 324. The first-order valence-corrected chi connectivity index (χ1v) is 5.28. The first-order chi connectivity index (χ1) is 7.56. The second-order valence-electron chi connectivity index (χ2n) is 3.87. The molecule has 1 rings (SSSR count). The van der Waals surface area contributed by atoms with Gasteiger partial charge in [-0.15, -0.1) is 0 Å². The van der Waals surface area contributed by atoms with Crippen LogP contribution >= 0.6 is 0 Å². The largest absolute Gasteiger partial charge is 0.382 e. The average molecular weight is 229 g/mol. The molecule has 0 aromatic heterocycles. The van der Waals surface area contributed by atoms with Crippen LogP contribution in [0.15, 0.2) is 18.2 Å². The maximum Gasteiger partial charge on any atom is 0.130 e. The van der Waals surface area contributed by atoms with Gasteiger partial charge >= 0.3 is 0 Å². The van der Waals surface area contributed by atoms with E-state index in [4.69, 9.17) is 10.5 Å². The quantitative estimate of drug-likeness (QED) is 0.842. The summed E-state index contributed by atoms with van der Waals surface area (Å²) in [5, 5.41) is 0. The molecule has 0 aliphatic heterocycles. The van der Waals surface area contributed by atoms with Gasteiger partial charge in [-0.3, -0.25) is 0 Å². The van der Waals surface area contributed by atoms with Crippen molar-refractivity contribution < 1.29 is 13.5 Å². The zero-order valence-corrected chi connectivity index (χ0v) is 9.54. The Hall–Kier alpha value is -1.00. The van der Waals surface area contributed by atoms with Gasteiger partial charge in [0.1, 0.15) is 11.6 Å². The third-order valence-corrected chi connectivity index (χ3v) is 2.66. The molecule has 0 heterocycles. The number of rotatable bonds is 5. The number of hydrogen-bond donors (Lipinski definition) is 1. The minimum atomic E-state index is -0.626. The predicted molar refractivity (Wildman–Crippen MR) is 59.0 cm³/mol. The topological polar surface area (TPSA) is 35.2 Å². The summed E-state index contributed by atoms with van der Waals surface area (Å²) in [5.41, 5.74) is 5.73. The van der Waals surface area contributed by atoms with E-state index in [1.165, 1.54) is 18.2 Å². The van der Waals surface area contributed by atoms with Gasteiger partial charge in [0.25, 0.3) is 0 Å². The molecule has 0 saturated carbocycles. The van der Waals surface area contributed by atoms with E-state index in [2.05, 4.69) is 0 Å².